The number of oxazole rings is 1. The Morgan fingerprint density at radius 1 is 1.06 bits per heavy atom. The number of nitrogens with zero attached hydrogens (tertiary/aromatic N) is 3. The fraction of sp³-hybridized carbons (Fsp3) is 0.286. The molecular formula is C28H30N4O3. The monoisotopic (exact) mass is 470 g/mol. The molecule has 2 amide bonds. The van der Waals surface area contributed by atoms with Gasteiger partial charge in [0, 0.05) is 44.9 Å². The number of carbonyl (C=O) groups excluding carboxylic acids is 1. The molecular weight excluding hydrogens is 440 g/mol. The molecule has 1 fully saturated rings. The van der Waals surface area contributed by atoms with Crippen molar-refractivity contribution in [3.05, 3.63) is 78.3 Å². The van der Waals surface area contributed by atoms with Gasteiger partial charge < -0.3 is 24.3 Å². The molecule has 0 saturated carbocycles. The van der Waals surface area contributed by atoms with Crippen LogP contribution in [0.2, 0.25) is 0 Å². The number of hydrogen-bond donors (Lipinski definition) is 1. The van der Waals surface area contributed by atoms with Gasteiger partial charge in [-0.3, -0.25) is 0 Å². The number of fused-ring (bicyclic) bond motifs is 1. The summed E-state index contributed by atoms with van der Waals surface area (Å²) in [6.45, 7) is 6.67. The summed E-state index contributed by atoms with van der Waals surface area (Å²) in [6, 6.07) is 20.5. The lowest BCUT2D eigenvalue weighted by atomic mass is 10.00. The Labute approximate surface area is 205 Å². The van der Waals surface area contributed by atoms with Crippen LogP contribution in [0.1, 0.15) is 24.4 Å². The second kappa shape index (κ2) is 9.70. The summed E-state index contributed by atoms with van der Waals surface area (Å²) in [5, 5.41) is 5.54. The lowest BCUT2D eigenvalue weighted by molar-refractivity contribution is 0.191. The predicted molar refractivity (Wildman–Crippen MR) is 138 cm³/mol. The lowest BCUT2D eigenvalue weighted by Crippen LogP contribution is -2.52. The van der Waals surface area contributed by atoms with Gasteiger partial charge in [0.15, 0.2) is 11.7 Å². The van der Waals surface area contributed by atoms with Gasteiger partial charge in [0.25, 0.3) is 0 Å². The average Bonchev–Trinajstić information content (AvgIpc) is 3.33. The van der Waals surface area contributed by atoms with Crippen molar-refractivity contribution in [3.8, 4) is 17.1 Å². The number of nitrogens with one attached hydrogen (secondary N) is 1. The third-order valence-corrected chi connectivity index (χ3v) is 6.63. The zero-order valence-electron chi connectivity index (χ0n) is 20.3. The van der Waals surface area contributed by atoms with Crippen molar-refractivity contribution in [2.45, 2.75) is 19.9 Å². The number of amides is 2. The van der Waals surface area contributed by atoms with Gasteiger partial charge >= 0.3 is 6.03 Å². The van der Waals surface area contributed by atoms with Crippen molar-refractivity contribution in [2.75, 3.05) is 38.2 Å². The van der Waals surface area contributed by atoms with Crippen LogP contribution in [0, 0.1) is 6.92 Å². The van der Waals surface area contributed by atoms with Crippen LogP contribution in [0.25, 0.3) is 22.1 Å². The molecule has 1 saturated heterocycles. The van der Waals surface area contributed by atoms with E-state index in [4.69, 9.17) is 9.15 Å². The second-order valence-electron chi connectivity index (χ2n) is 8.84. The standard InChI is InChI=1S/C28H30N4O3/c1-19(23-10-6-8-21-7-4-5-9-24(21)23)30-28(33)32-15-13-31(14-16-32)22-11-12-25(26(17-22)34-3)27-18-29-20(2)35-27/h4-12,17-19H,13-16H2,1-3H3,(H,30,33)/t19-/m0/s1. The van der Waals surface area contributed by atoms with Gasteiger partial charge in [-0.1, -0.05) is 42.5 Å². The Hall–Kier alpha value is -4.00. The lowest BCUT2D eigenvalue weighted by Gasteiger charge is -2.36. The summed E-state index contributed by atoms with van der Waals surface area (Å²) in [7, 11) is 1.66. The van der Waals surface area contributed by atoms with Gasteiger partial charge in [-0.2, -0.15) is 0 Å². The van der Waals surface area contributed by atoms with Gasteiger partial charge in [0.05, 0.1) is 24.9 Å². The number of urea groups is 1. The molecule has 0 spiro atoms. The van der Waals surface area contributed by atoms with Crippen LogP contribution in [0.5, 0.6) is 5.75 Å². The Balaban J connectivity index is 1.22. The Morgan fingerprint density at radius 2 is 1.83 bits per heavy atom. The molecule has 1 aromatic heterocycles. The van der Waals surface area contributed by atoms with E-state index in [2.05, 4.69) is 45.5 Å². The second-order valence-corrected chi connectivity index (χ2v) is 8.84. The number of ether oxygens (including phenoxy) is 1. The van der Waals surface area contributed by atoms with E-state index in [0.717, 1.165) is 35.7 Å². The summed E-state index contributed by atoms with van der Waals surface area (Å²) in [6.07, 6.45) is 1.71. The first-order chi connectivity index (χ1) is 17.0. The maximum Gasteiger partial charge on any atom is 0.317 e. The largest absolute Gasteiger partial charge is 0.496 e. The van der Waals surface area contributed by atoms with E-state index in [1.54, 1.807) is 13.3 Å². The minimum Gasteiger partial charge on any atom is -0.496 e. The highest BCUT2D eigenvalue weighted by Crippen LogP contribution is 2.34. The van der Waals surface area contributed by atoms with Crippen molar-refractivity contribution in [1.82, 2.24) is 15.2 Å². The van der Waals surface area contributed by atoms with Crippen LogP contribution in [0.3, 0.4) is 0 Å². The van der Waals surface area contributed by atoms with Crippen molar-refractivity contribution in [1.29, 1.82) is 0 Å². The van der Waals surface area contributed by atoms with E-state index in [1.807, 2.05) is 49.1 Å². The van der Waals surface area contributed by atoms with E-state index >= 15 is 0 Å². The fourth-order valence-electron chi connectivity index (χ4n) is 4.72. The number of aromatic nitrogens is 1. The molecule has 0 aliphatic carbocycles. The number of aryl methyl sites for hydroxylation is 1. The van der Waals surface area contributed by atoms with Crippen molar-refractivity contribution in [2.24, 2.45) is 0 Å². The number of carbonyl (C=O) groups is 1. The minimum atomic E-state index is -0.0804. The van der Waals surface area contributed by atoms with Crippen LogP contribution >= 0.6 is 0 Å². The summed E-state index contributed by atoms with van der Waals surface area (Å²) in [5.41, 5.74) is 3.06. The highest BCUT2D eigenvalue weighted by atomic mass is 16.5. The first-order valence-electron chi connectivity index (χ1n) is 11.9. The molecule has 2 heterocycles. The van der Waals surface area contributed by atoms with Gasteiger partial charge in [0.2, 0.25) is 0 Å². The molecule has 4 aromatic rings. The molecule has 1 aliphatic rings. The van der Waals surface area contributed by atoms with E-state index in [9.17, 15) is 4.79 Å². The smallest absolute Gasteiger partial charge is 0.317 e. The fourth-order valence-corrected chi connectivity index (χ4v) is 4.72. The Bertz CT molecular complexity index is 1340. The third kappa shape index (κ3) is 4.67. The highest BCUT2D eigenvalue weighted by Gasteiger charge is 2.24. The number of anilines is 1. The summed E-state index contributed by atoms with van der Waals surface area (Å²) < 4.78 is 11.3. The number of piperazine rings is 1. The van der Waals surface area contributed by atoms with Gasteiger partial charge in [-0.15, -0.1) is 0 Å². The summed E-state index contributed by atoms with van der Waals surface area (Å²) in [4.78, 5) is 21.4. The van der Waals surface area contributed by atoms with Crippen LogP contribution in [0.15, 0.2) is 71.3 Å². The molecule has 0 radical (unpaired) electrons. The molecule has 7 heteroatoms. The maximum atomic E-state index is 13.0. The molecule has 35 heavy (non-hydrogen) atoms. The Kier molecular flexibility index (Phi) is 6.31. The van der Waals surface area contributed by atoms with Crippen LogP contribution in [-0.4, -0.2) is 49.2 Å². The van der Waals surface area contributed by atoms with Gasteiger partial charge in [0.1, 0.15) is 5.75 Å². The number of rotatable bonds is 5. The molecule has 1 N–H and O–H groups in total. The molecule has 0 unspecified atom stereocenters. The third-order valence-electron chi connectivity index (χ3n) is 6.63. The SMILES string of the molecule is COc1cc(N2CCN(C(=O)N[C@@H](C)c3cccc4ccccc34)CC2)ccc1-c1cnc(C)o1. The zero-order chi connectivity index (χ0) is 24.4. The van der Waals surface area contributed by atoms with Crippen molar-refractivity contribution < 1.29 is 13.9 Å². The van der Waals surface area contributed by atoms with E-state index in [-0.39, 0.29) is 12.1 Å². The molecule has 7 nitrogen and oxygen atoms in total. The van der Waals surface area contributed by atoms with E-state index < -0.39 is 0 Å². The predicted octanol–water partition coefficient (Wildman–Crippen LogP) is 5.40. The molecule has 1 aliphatic heterocycles. The van der Waals surface area contributed by atoms with E-state index in [0.29, 0.717) is 24.7 Å². The van der Waals surface area contributed by atoms with Crippen LogP contribution in [0.4, 0.5) is 10.5 Å². The normalized spacial score (nSPS) is 14.7. The van der Waals surface area contributed by atoms with Gasteiger partial charge in [-0.25, -0.2) is 9.78 Å². The zero-order valence-corrected chi connectivity index (χ0v) is 20.3. The summed E-state index contributed by atoms with van der Waals surface area (Å²) in [5.74, 6) is 2.05. The quantitative estimate of drug-likeness (QED) is 0.423. The highest BCUT2D eigenvalue weighted by molar-refractivity contribution is 5.86. The number of hydrogen-bond acceptors (Lipinski definition) is 5. The van der Waals surface area contributed by atoms with Crippen LogP contribution < -0.4 is 15.0 Å². The van der Waals surface area contributed by atoms with Crippen LogP contribution in [-0.2, 0) is 0 Å². The molecule has 1 atom stereocenters. The van der Waals surface area contributed by atoms with Crippen molar-refractivity contribution >= 4 is 22.5 Å². The molecule has 0 bridgehead atoms. The average molecular weight is 471 g/mol. The first kappa shape index (κ1) is 22.8. The molecule has 180 valence electrons. The van der Waals surface area contributed by atoms with Crippen molar-refractivity contribution in [3.63, 3.8) is 0 Å². The first-order valence-corrected chi connectivity index (χ1v) is 11.9. The van der Waals surface area contributed by atoms with E-state index in [1.165, 1.54) is 10.8 Å². The number of methoxy groups -OCH3 is 1. The topological polar surface area (TPSA) is 70.8 Å². The number of benzene rings is 3. The Morgan fingerprint density at radius 3 is 2.57 bits per heavy atom. The minimum absolute atomic E-state index is 0.0290. The maximum absolute atomic E-state index is 13.0. The summed E-state index contributed by atoms with van der Waals surface area (Å²) >= 11 is 0. The molecule has 3 aromatic carbocycles. The molecule has 5 rings (SSSR count). The van der Waals surface area contributed by atoms with Gasteiger partial charge in [-0.05, 0) is 35.4 Å².